The number of hydrogen-bond acceptors (Lipinski definition) is 5. The van der Waals surface area contributed by atoms with Crippen LogP contribution < -0.4 is 5.32 Å². The lowest BCUT2D eigenvalue weighted by atomic mass is 10.1. The van der Waals surface area contributed by atoms with E-state index in [1.807, 2.05) is 6.92 Å². The SMILES string of the molecule is CCN(C(=O)c1cccc(C(=O)NCCCOC)c1)C1CCS(=O)(=O)C1. The molecule has 1 saturated heterocycles. The van der Waals surface area contributed by atoms with Crippen molar-refractivity contribution in [2.45, 2.75) is 25.8 Å². The van der Waals surface area contributed by atoms with Crippen LogP contribution in [-0.4, -0.2) is 69.5 Å². The minimum Gasteiger partial charge on any atom is -0.385 e. The molecule has 1 unspecified atom stereocenters. The second kappa shape index (κ2) is 9.14. The summed E-state index contributed by atoms with van der Waals surface area (Å²) in [4.78, 5) is 26.6. The van der Waals surface area contributed by atoms with E-state index in [1.54, 1.807) is 36.3 Å². The third-order valence-corrected chi connectivity index (χ3v) is 6.18. The Kier molecular flexibility index (Phi) is 7.16. The van der Waals surface area contributed by atoms with Gasteiger partial charge in [0.1, 0.15) is 0 Å². The molecule has 0 aromatic heterocycles. The van der Waals surface area contributed by atoms with Crippen LogP contribution in [0.2, 0.25) is 0 Å². The maximum absolute atomic E-state index is 12.8. The summed E-state index contributed by atoms with van der Waals surface area (Å²) in [5.41, 5.74) is 0.795. The van der Waals surface area contributed by atoms with Crippen LogP contribution in [0.25, 0.3) is 0 Å². The van der Waals surface area contributed by atoms with E-state index in [2.05, 4.69) is 5.32 Å². The van der Waals surface area contributed by atoms with Gasteiger partial charge in [-0.05, 0) is 38.0 Å². The fourth-order valence-electron chi connectivity index (χ4n) is 3.07. The summed E-state index contributed by atoms with van der Waals surface area (Å²) in [6, 6.07) is 6.22. The lowest BCUT2D eigenvalue weighted by molar-refractivity contribution is 0.0708. The van der Waals surface area contributed by atoms with E-state index in [4.69, 9.17) is 4.74 Å². The van der Waals surface area contributed by atoms with Crippen molar-refractivity contribution in [2.24, 2.45) is 0 Å². The van der Waals surface area contributed by atoms with E-state index in [0.717, 1.165) is 0 Å². The summed E-state index contributed by atoms with van der Waals surface area (Å²) in [5.74, 6) is -0.372. The molecule has 1 atom stereocenters. The Morgan fingerprint density at radius 1 is 1.31 bits per heavy atom. The molecule has 1 aliphatic heterocycles. The van der Waals surface area contributed by atoms with Gasteiger partial charge >= 0.3 is 0 Å². The summed E-state index contributed by atoms with van der Waals surface area (Å²) in [7, 11) is -1.47. The summed E-state index contributed by atoms with van der Waals surface area (Å²) in [5, 5.41) is 2.79. The van der Waals surface area contributed by atoms with Gasteiger partial charge in [0, 0.05) is 44.0 Å². The molecule has 1 aliphatic rings. The number of nitrogens with zero attached hydrogens (tertiary/aromatic N) is 1. The van der Waals surface area contributed by atoms with Crippen molar-refractivity contribution in [3.8, 4) is 0 Å². The fraction of sp³-hybridized carbons (Fsp3) is 0.556. The zero-order valence-corrected chi connectivity index (χ0v) is 16.0. The molecule has 1 aromatic carbocycles. The maximum atomic E-state index is 12.8. The number of nitrogens with one attached hydrogen (secondary N) is 1. The largest absolute Gasteiger partial charge is 0.385 e. The second-order valence-electron chi connectivity index (χ2n) is 6.33. The zero-order chi connectivity index (χ0) is 19.2. The predicted molar refractivity (Wildman–Crippen MR) is 99.0 cm³/mol. The van der Waals surface area contributed by atoms with E-state index in [0.29, 0.717) is 43.7 Å². The third kappa shape index (κ3) is 5.28. The quantitative estimate of drug-likeness (QED) is 0.680. The monoisotopic (exact) mass is 382 g/mol. The van der Waals surface area contributed by atoms with Gasteiger partial charge < -0.3 is 15.0 Å². The zero-order valence-electron chi connectivity index (χ0n) is 15.2. The Hall–Kier alpha value is -1.93. The molecule has 1 fully saturated rings. The second-order valence-corrected chi connectivity index (χ2v) is 8.56. The number of hydrogen-bond donors (Lipinski definition) is 1. The van der Waals surface area contributed by atoms with Crippen molar-refractivity contribution in [3.63, 3.8) is 0 Å². The molecule has 2 amide bonds. The predicted octanol–water partition coefficient (Wildman–Crippen LogP) is 1.10. The van der Waals surface area contributed by atoms with Crippen LogP contribution in [-0.2, 0) is 14.6 Å². The van der Waals surface area contributed by atoms with E-state index in [-0.39, 0.29) is 29.4 Å². The smallest absolute Gasteiger partial charge is 0.254 e. The number of methoxy groups -OCH3 is 1. The molecule has 1 heterocycles. The van der Waals surface area contributed by atoms with Gasteiger partial charge in [0.15, 0.2) is 9.84 Å². The van der Waals surface area contributed by atoms with Crippen molar-refractivity contribution in [3.05, 3.63) is 35.4 Å². The van der Waals surface area contributed by atoms with E-state index < -0.39 is 9.84 Å². The molecule has 0 spiro atoms. The molecule has 26 heavy (non-hydrogen) atoms. The number of carbonyl (C=O) groups is 2. The van der Waals surface area contributed by atoms with Gasteiger partial charge in [-0.2, -0.15) is 0 Å². The van der Waals surface area contributed by atoms with Crippen LogP contribution in [0.1, 0.15) is 40.5 Å². The summed E-state index contributed by atoms with van der Waals surface area (Å²) < 4.78 is 28.4. The molecule has 0 bridgehead atoms. The van der Waals surface area contributed by atoms with Crippen LogP contribution >= 0.6 is 0 Å². The molecule has 7 nitrogen and oxygen atoms in total. The van der Waals surface area contributed by atoms with Gasteiger partial charge in [0.2, 0.25) is 0 Å². The third-order valence-electron chi connectivity index (χ3n) is 4.43. The number of sulfone groups is 1. The Bertz CT molecular complexity index is 748. The van der Waals surface area contributed by atoms with Gasteiger partial charge in [0.05, 0.1) is 11.5 Å². The van der Waals surface area contributed by atoms with Crippen molar-refractivity contribution < 1.29 is 22.7 Å². The first-order valence-electron chi connectivity index (χ1n) is 8.76. The van der Waals surface area contributed by atoms with Crippen molar-refractivity contribution >= 4 is 21.7 Å². The highest BCUT2D eigenvalue weighted by Crippen LogP contribution is 2.20. The highest BCUT2D eigenvalue weighted by molar-refractivity contribution is 7.91. The lowest BCUT2D eigenvalue weighted by Crippen LogP contribution is -2.41. The molecule has 0 aliphatic carbocycles. The lowest BCUT2D eigenvalue weighted by Gasteiger charge is -2.27. The Morgan fingerprint density at radius 2 is 2.04 bits per heavy atom. The summed E-state index contributed by atoms with van der Waals surface area (Å²) in [6.07, 6.45) is 1.17. The van der Waals surface area contributed by atoms with Gasteiger partial charge in [-0.15, -0.1) is 0 Å². The molecular formula is C18H26N2O5S. The topological polar surface area (TPSA) is 92.8 Å². The van der Waals surface area contributed by atoms with E-state index in [1.165, 1.54) is 0 Å². The van der Waals surface area contributed by atoms with Crippen LogP contribution in [0, 0.1) is 0 Å². The van der Waals surface area contributed by atoms with Gasteiger partial charge in [0.25, 0.3) is 11.8 Å². The van der Waals surface area contributed by atoms with Crippen LogP contribution in [0.4, 0.5) is 0 Å². The first-order chi connectivity index (χ1) is 12.4. The van der Waals surface area contributed by atoms with Gasteiger partial charge in [-0.1, -0.05) is 6.07 Å². The number of carbonyl (C=O) groups excluding carboxylic acids is 2. The Labute approximate surface area is 154 Å². The van der Waals surface area contributed by atoms with Crippen molar-refractivity contribution in [1.29, 1.82) is 0 Å². The normalized spacial score (nSPS) is 18.5. The number of amides is 2. The molecule has 8 heteroatoms. The minimum absolute atomic E-state index is 0.00621. The molecule has 0 saturated carbocycles. The highest BCUT2D eigenvalue weighted by Gasteiger charge is 2.34. The Morgan fingerprint density at radius 3 is 2.65 bits per heavy atom. The molecule has 0 radical (unpaired) electrons. The number of rotatable bonds is 8. The first kappa shape index (κ1) is 20.4. The van der Waals surface area contributed by atoms with Crippen molar-refractivity contribution in [1.82, 2.24) is 10.2 Å². The van der Waals surface area contributed by atoms with Crippen molar-refractivity contribution in [2.75, 3.05) is 38.3 Å². The summed E-state index contributed by atoms with van der Waals surface area (Å²) in [6.45, 7) is 3.31. The molecule has 1 aromatic rings. The van der Waals surface area contributed by atoms with Gasteiger partial charge in [-0.25, -0.2) is 8.42 Å². The standard InChI is InChI=1S/C18H26N2O5S/c1-3-20(16-8-11-26(23,24)13-16)18(22)15-7-4-6-14(12-15)17(21)19-9-5-10-25-2/h4,6-7,12,16H,3,5,8-11,13H2,1-2H3,(H,19,21). The number of benzene rings is 1. The van der Waals surface area contributed by atoms with Crippen LogP contribution in [0.5, 0.6) is 0 Å². The molecule has 144 valence electrons. The van der Waals surface area contributed by atoms with E-state index in [9.17, 15) is 18.0 Å². The maximum Gasteiger partial charge on any atom is 0.254 e. The number of ether oxygens (including phenoxy) is 1. The minimum atomic E-state index is -3.07. The highest BCUT2D eigenvalue weighted by atomic mass is 32.2. The first-order valence-corrected chi connectivity index (χ1v) is 10.6. The molecule has 1 N–H and O–H groups in total. The summed E-state index contributed by atoms with van der Waals surface area (Å²) >= 11 is 0. The van der Waals surface area contributed by atoms with E-state index >= 15 is 0 Å². The fourth-order valence-corrected chi connectivity index (χ4v) is 4.80. The Balaban J connectivity index is 2.07. The van der Waals surface area contributed by atoms with Crippen LogP contribution in [0.3, 0.4) is 0 Å². The van der Waals surface area contributed by atoms with Gasteiger partial charge in [-0.3, -0.25) is 9.59 Å². The molecular weight excluding hydrogens is 356 g/mol. The van der Waals surface area contributed by atoms with Crippen LogP contribution in [0.15, 0.2) is 24.3 Å². The molecule has 2 rings (SSSR count). The average molecular weight is 382 g/mol. The average Bonchev–Trinajstić information content (AvgIpc) is 2.98.